The molecule has 176 valence electrons. The molecule has 2 aromatic rings. The van der Waals surface area contributed by atoms with Crippen molar-refractivity contribution >= 4 is 21.6 Å². The molecule has 0 spiro atoms. The van der Waals surface area contributed by atoms with E-state index in [0.717, 1.165) is 18.2 Å². The SMILES string of the molecule is C.C.CC(=O)C(Cc1ccccc1)NS(C)(=O)=O.CC(=O)C([NH3+])Cc1ccccc1.[Cl-]. The number of hydrogen-bond donors (Lipinski definition) is 2. The molecule has 0 saturated carbocycles. The third kappa shape index (κ3) is 15.4. The van der Waals surface area contributed by atoms with Crippen LogP contribution in [0.4, 0.5) is 0 Å². The number of rotatable bonds is 8. The molecule has 6 nitrogen and oxygen atoms in total. The Bertz CT molecular complexity index is 860. The highest BCUT2D eigenvalue weighted by molar-refractivity contribution is 7.88. The Balaban J connectivity index is -0.000000476. The van der Waals surface area contributed by atoms with Gasteiger partial charge in [0.2, 0.25) is 10.0 Å². The maximum Gasteiger partial charge on any atom is 0.209 e. The first-order chi connectivity index (χ1) is 13.1. The van der Waals surface area contributed by atoms with E-state index in [-0.39, 0.29) is 44.9 Å². The second kappa shape index (κ2) is 16.6. The van der Waals surface area contributed by atoms with Crippen molar-refractivity contribution in [1.29, 1.82) is 0 Å². The quantitative estimate of drug-likeness (QED) is 0.536. The van der Waals surface area contributed by atoms with Gasteiger partial charge >= 0.3 is 0 Å². The molecule has 0 fully saturated rings. The second-order valence-electron chi connectivity index (χ2n) is 6.74. The Kier molecular flexibility index (Phi) is 18.0. The minimum atomic E-state index is -3.36. The van der Waals surface area contributed by atoms with Crippen molar-refractivity contribution in [2.24, 2.45) is 0 Å². The molecule has 31 heavy (non-hydrogen) atoms. The van der Waals surface area contributed by atoms with Gasteiger partial charge in [-0.25, -0.2) is 13.1 Å². The normalized spacial score (nSPS) is 11.7. The van der Waals surface area contributed by atoms with Crippen LogP contribution in [0, 0.1) is 0 Å². The van der Waals surface area contributed by atoms with Gasteiger partial charge in [-0.15, -0.1) is 0 Å². The average Bonchev–Trinajstić information content (AvgIpc) is 2.62. The van der Waals surface area contributed by atoms with Crippen LogP contribution in [0.5, 0.6) is 0 Å². The molecule has 4 N–H and O–H groups in total. The number of benzene rings is 2. The first kappa shape index (κ1) is 33.6. The first-order valence-corrected chi connectivity index (χ1v) is 10.9. The van der Waals surface area contributed by atoms with Gasteiger partial charge in [0.05, 0.1) is 12.3 Å². The number of quaternary nitrogens is 1. The van der Waals surface area contributed by atoms with Gasteiger partial charge in [0.25, 0.3) is 0 Å². The second-order valence-corrected chi connectivity index (χ2v) is 8.52. The summed E-state index contributed by atoms with van der Waals surface area (Å²) in [6.07, 6.45) is 2.17. The number of halogens is 1. The van der Waals surface area contributed by atoms with Crippen LogP contribution in [0.3, 0.4) is 0 Å². The topological polar surface area (TPSA) is 108 Å². The van der Waals surface area contributed by atoms with Gasteiger partial charge < -0.3 is 18.1 Å². The number of Topliss-reactive ketones (excluding diaryl/α,β-unsaturated/α-hetero) is 2. The largest absolute Gasteiger partial charge is 1.00 e. The third-order valence-electron chi connectivity index (χ3n) is 4.03. The number of carbonyl (C=O) groups is 2. The Labute approximate surface area is 194 Å². The van der Waals surface area contributed by atoms with Gasteiger partial charge in [0.15, 0.2) is 5.78 Å². The fourth-order valence-electron chi connectivity index (χ4n) is 2.42. The van der Waals surface area contributed by atoms with E-state index in [1.54, 1.807) is 6.92 Å². The number of nitrogens with one attached hydrogen (secondary N) is 1. The third-order valence-corrected chi connectivity index (χ3v) is 4.74. The molecular weight excluding hydrogens is 436 g/mol. The van der Waals surface area contributed by atoms with E-state index in [1.165, 1.54) is 12.5 Å². The molecule has 2 atom stereocenters. The van der Waals surface area contributed by atoms with Crippen LogP contribution >= 0.6 is 0 Å². The lowest BCUT2D eigenvalue weighted by molar-refractivity contribution is -0.402. The standard InChI is InChI=1S/C11H15NO3S.C10H13NO.2CH4.ClH/c1-9(13)11(12-16(2,14)15)8-10-6-4-3-5-7-10;1-8(12)10(11)7-9-5-3-2-4-6-9;;;/h3-7,11-12H,8H2,1-2H3;2-6,10H,7,11H2,1H3;2*1H4;1H. The van der Waals surface area contributed by atoms with Crippen molar-refractivity contribution in [3.05, 3.63) is 71.8 Å². The molecule has 0 aliphatic rings. The molecule has 0 radical (unpaired) electrons. The van der Waals surface area contributed by atoms with Crippen LogP contribution in [0.1, 0.15) is 39.8 Å². The van der Waals surface area contributed by atoms with Gasteiger partial charge in [-0.2, -0.15) is 0 Å². The van der Waals surface area contributed by atoms with Gasteiger partial charge in [-0.3, -0.25) is 9.59 Å². The summed E-state index contributed by atoms with van der Waals surface area (Å²) in [5, 5.41) is 0. The first-order valence-electron chi connectivity index (χ1n) is 8.97. The van der Waals surface area contributed by atoms with E-state index in [1.807, 2.05) is 60.7 Å². The summed E-state index contributed by atoms with van der Waals surface area (Å²) in [7, 11) is -3.36. The Morgan fingerprint density at radius 1 is 0.839 bits per heavy atom. The van der Waals surface area contributed by atoms with Gasteiger partial charge in [0, 0.05) is 13.3 Å². The van der Waals surface area contributed by atoms with Crippen molar-refractivity contribution in [1.82, 2.24) is 4.72 Å². The molecule has 0 saturated heterocycles. The van der Waals surface area contributed by atoms with Crippen molar-refractivity contribution in [3.63, 3.8) is 0 Å². The molecule has 0 bridgehead atoms. The molecule has 0 aromatic heterocycles. The van der Waals surface area contributed by atoms with Crippen LogP contribution in [-0.2, 0) is 32.5 Å². The molecule has 0 aliphatic heterocycles. The summed E-state index contributed by atoms with van der Waals surface area (Å²) >= 11 is 0. The lowest BCUT2D eigenvalue weighted by atomic mass is 10.0. The maximum atomic E-state index is 11.3. The lowest BCUT2D eigenvalue weighted by Gasteiger charge is -2.14. The molecule has 0 heterocycles. The Morgan fingerprint density at radius 3 is 1.55 bits per heavy atom. The predicted octanol–water partition coefficient (Wildman–Crippen LogP) is -0.559. The minimum Gasteiger partial charge on any atom is -1.00 e. The van der Waals surface area contributed by atoms with E-state index in [9.17, 15) is 18.0 Å². The van der Waals surface area contributed by atoms with Gasteiger partial charge in [-0.1, -0.05) is 75.5 Å². The zero-order valence-electron chi connectivity index (χ0n) is 17.0. The van der Waals surface area contributed by atoms with Crippen LogP contribution in [0.25, 0.3) is 0 Å². The van der Waals surface area contributed by atoms with Gasteiger partial charge in [-0.05, 0) is 24.5 Å². The highest BCUT2D eigenvalue weighted by Gasteiger charge is 2.18. The molecule has 8 heteroatoms. The molecule has 2 rings (SSSR count). The molecule has 2 unspecified atom stereocenters. The zero-order chi connectivity index (χ0) is 21.2. The van der Waals surface area contributed by atoms with Crippen molar-refractivity contribution < 1.29 is 36.1 Å². The molecule has 0 amide bonds. The highest BCUT2D eigenvalue weighted by Crippen LogP contribution is 2.04. The zero-order valence-corrected chi connectivity index (χ0v) is 18.5. The smallest absolute Gasteiger partial charge is 0.209 e. The Hall–Kier alpha value is -2.06. The highest BCUT2D eigenvalue weighted by atomic mass is 35.5. The fraction of sp³-hybridized carbons (Fsp3) is 0.391. The molecule has 0 aliphatic carbocycles. The number of ketones is 2. The van der Waals surface area contributed by atoms with Crippen LogP contribution < -0.4 is 22.9 Å². The van der Waals surface area contributed by atoms with Crippen LogP contribution in [0.2, 0.25) is 0 Å². The summed E-state index contributed by atoms with van der Waals surface area (Å²) in [5.41, 5.74) is 5.89. The number of sulfonamides is 1. The monoisotopic (exact) mass is 472 g/mol. The van der Waals surface area contributed by atoms with E-state index in [2.05, 4.69) is 10.5 Å². The number of hydrogen-bond acceptors (Lipinski definition) is 4. The lowest BCUT2D eigenvalue weighted by Crippen LogP contribution is -3.00. The summed E-state index contributed by atoms with van der Waals surface area (Å²) in [6.45, 7) is 2.96. The summed E-state index contributed by atoms with van der Waals surface area (Å²) in [4.78, 5) is 22.2. The Morgan fingerprint density at radius 2 is 1.23 bits per heavy atom. The van der Waals surface area contributed by atoms with E-state index in [4.69, 9.17) is 0 Å². The predicted molar refractivity (Wildman–Crippen MR) is 124 cm³/mol. The van der Waals surface area contributed by atoms with E-state index in [0.29, 0.717) is 6.42 Å². The van der Waals surface area contributed by atoms with Crippen molar-refractivity contribution in [2.45, 2.75) is 53.6 Å². The fourth-order valence-corrected chi connectivity index (χ4v) is 3.19. The van der Waals surface area contributed by atoms with Crippen LogP contribution in [-0.4, -0.2) is 38.3 Å². The van der Waals surface area contributed by atoms with Crippen molar-refractivity contribution in [2.75, 3.05) is 6.26 Å². The summed E-state index contributed by atoms with van der Waals surface area (Å²) < 4.78 is 24.5. The van der Waals surface area contributed by atoms with Crippen LogP contribution in [0.15, 0.2) is 60.7 Å². The van der Waals surface area contributed by atoms with E-state index >= 15 is 0 Å². The summed E-state index contributed by atoms with van der Waals surface area (Å²) in [6, 6.07) is 18.5. The molecule has 2 aromatic carbocycles. The number of carbonyl (C=O) groups excluding carboxylic acids is 2. The molecular formula is C23H37ClN2O4S. The average molecular weight is 473 g/mol. The van der Waals surface area contributed by atoms with Gasteiger partial charge in [0.1, 0.15) is 11.8 Å². The van der Waals surface area contributed by atoms with E-state index < -0.39 is 16.1 Å². The minimum absolute atomic E-state index is 0. The maximum absolute atomic E-state index is 11.3. The van der Waals surface area contributed by atoms with Crippen molar-refractivity contribution in [3.8, 4) is 0 Å². The summed E-state index contributed by atoms with van der Waals surface area (Å²) in [5.74, 6) is -0.0341.